The van der Waals surface area contributed by atoms with Crippen molar-refractivity contribution in [3.05, 3.63) is 130 Å². The molecule has 1 spiro atoms. The summed E-state index contributed by atoms with van der Waals surface area (Å²) < 4.78 is 5.40. The number of methoxy groups -OCH3 is 1. The zero-order valence-corrected chi connectivity index (χ0v) is 20.9. The molecular weight excluding hydrogens is 484 g/mol. The van der Waals surface area contributed by atoms with Gasteiger partial charge < -0.3 is 10.1 Å². The first kappa shape index (κ1) is 23.5. The summed E-state index contributed by atoms with van der Waals surface area (Å²) in [7, 11) is 1.63. The number of nitrogens with one attached hydrogen (secondary N) is 2. The van der Waals surface area contributed by atoms with Crippen molar-refractivity contribution < 1.29 is 14.3 Å². The largest absolute Gasteiger partial charge is 0.497 e. The number of para-hydroxylation sites is 1. The van der Waals surface area contributed by atoms with Crippen LogP contribution in [-0.4, -0.2) is 18.8 Å². The minimum Gasteiger partial charge on any atom is -0.497 e. The van der Waals surface area contributed by atoms with Crippen LogP contribution in [0.15, 0.2) is 103 Å². The zero-order valence-electron chi connectivity index (χ0n) is 20.1. The number of hydrogen-bond donors (Lipinski definition) is 2. The molecule has 6 heteroatoms. The zero-order chi connectivity index (χ0) is 25.6. The molecule has 2 unspecified atom stereocenters. The smallest absolute Gasteiger partial charge is 0.250 e. The Labute approximate surface area is 220 Å². The quantitative estimate of drug-likeness (QED) is 0.318. The van der Waals surface area contributed by atoms with Crippen molar-refractivity contribution >= 4 is 29.0 Å². The summed E-state index contributed by atoms with van der Waals surface area (Å²) >= 11 is 6.14. The Balaban J connectivity index is 1.60. The lowest BCUT2D eigenvalue weighted by Crippen LogP contribution is -2.50. The van der Waals surface area contributed by atoms with Gasteiger partial charge in [0.05, 0.1) is 13.0 Å². The summed E-state index contributed by atoms with van der Waals surface area (Å²) in [6, 6.07) is 32.0. The van der Waals surface area contributed by atoms with Crippen molar-refractivity contribution in [2.45, 2.75) is 17.5 Å². The van der Waals surface area contributed by atoms with E-state index in [0.29, 0.717) is 10.6 Å². The highest BCUT2D eigenvalue weighted by Crippen LogP contribution is 2.57. The summed E-state index contributed by atoms with van der Waals surface area (Å²) in [6.07, 6.45) is 0. The number of anilines is 1. The lowest BCUT2D eigenvalue weighted by Gasteiger charge is -2.31. The average Bonchev–Trinajstić information content (AvgIpc) is 3.44. The number of hydrogen-bond acceptors (Lipinski definition) is 4. The van der Waals surface area contributed by atoms with Crippen molar-refractivity contribution in [1.82, 2.24) is 5.32 Å². The fraction of sp³-hybridized carbons (Fsp3) is 0.161. The molecular formula is C31H25ClN2O3. The second-order valence-corrected chi connectivity index (χ2v) is 9.92. The van der Waals surface area contributed by atoms with Gasteiger partial charge in [0.15, 0.2) is 5.78 Å². The fourth-order valence-electron chi connectivity index (χ4n) is 5.93. The lowest BCUT2D eigenvalue weighted by atomic mass is 9.69. The topological polar surface area (TPSA) is 67.4 Å². The van der Waals surface area contributed by atoms with Crippen LogP contribution in [0.25, 0.3) is 0 Å². The van der Waals surface area contributed by atoms with Crippen LogP contribution in [0.4, 0.5) is 5.69 Å². The minimum absolute atomic E-state index is 0.115. The average molecular weight is 509 g/mol. The highest BCUT2D eigenvalue weighted by molar-refractivity contribution is 6.30. The molecule has 1 fully saturated rings. The van der Waals surface area contributed by atoms with E-state index in [9.17, 15) is 9.59 Å². The van der Waals surface area contributed by atoms with E-state index in [4.69, 9.17) is 16.3 Å². The number of halogens is 1. The normalized spacial score (nSPS) is 24.1. The van der Waals surface area contributed by atoms with E-state index < -0.39 is 11.5 Å². The number of Topliss-reactive ketones (excluding diaryl/α,β-unsaturated/α-hetero) is 1. The van der Waals surface area contributed by atoms with E-state index in [1.165, 1.54) is 0 Å². The first-order valence-corrected chi connectivity index (χ1v) is 12.6. The monoisotopic (exact) mass is 508 g/mol. The van der Waals surface area contributed by atoms with E-state index in [-0.39, 0.29) is 23.7 Å². The number of carbonyl (C=O) groups is 2. The van der Waals surface area contributed by atoms with E-state index in [1.807, 2.05) is 78.9 Å². The molecule has 0 bridgehead atoms. The summed E-state index contributed by atoms with van der Waals surface area (Å²) in [4.78, 5) is 28.4. The van der Waals surface area contributed by atoms with Crippen LogP contribution < -0.4 is 15.4 Å². The van der Waals surface area contributed by atoms with Crippen molar-refractivity contribution in [3.63, 3.8) is 0 Å². The van der Waals surface area contributed by atoms with Gasteiger partial charge in [0.2, 0.25) is 5.91 Å². The van der Waals surface area contributed by atoms with Crippen LogP contribution in [0.3, 0.4) is 0 Å². The van der Waals surface area contributed by atoms with Gasteiger partial charge in [0.25, 0.3) is 0 Å². The molecule has 4 aromatic carbocycles. The molecule has 2 aliphatic rings. The van der Waals surface area contributed by atoms with Crippen molar-refractivity contribution in [2.75, 3.05) is 12.4 Å². The second-order valence-electron chi connectivity index (χ2n) is 9.49. The Hall–Kier alpha value is -3.93. The van der Waals surface area contributed by atoms with Gasteiger partial charge in [-0.1, -0.05) is 72.3 Å². The maximum atomic E-state index is 14.5. The molecule has 2 aliphatic heterocycles. The maximum absolute atomic E-state index is 14.5. The molecule has 1 amide bonds. The second kappa shape index (κ2) is 9.18. The molecule has 2 N–H and O–H groups in total. The summed E-state index contributed by atoms with van der Waals surface area (Å²) in [5, 5.41) is 7.28. The molecule has 184 valence electrons. The minimum atomic E-state index is -1.25. The third-order valence-corrected chi connectivity index (χ3v) is 7.85. The van der Waals surface area contributed by atoms with Crippen molar-refractivity contribution in [3.8, 4) is 5.75 Å². The van der Waals surface area contributed by atoms with E-state index in [1.54, 1.807) is 31.4 Å². The Kier molecular flexibility index (Phi) is 5.82. The third kappa shape index (κ3) is 3.74. The van der Waals surface area contributed by atoms with Crippen molar-refractivity contribution in [1.29, 1.82) is 0 Å². The fourth-order valence-corrected chi connectivity index (χ4v) is 6.06. The van der Waals surface area contributed by atoms with Crippen LogP contribution in [0.5, 0.6) is 5.75 Å². The predicted octanol–water partition coefficient (Wildman–Crippen LogP) is 6.12. The Bertz CT molecular complexity index is 1470. The van der Waals surface area contributed by atoms with Gasteiger partial charge in [-0.05, 0) is 53.6 Å². The third-order valence-electron chi connectivity index (χ3n) is 7.60. The molecule has 6 rings (SSSR count). The van der Waals surface area contributed by atoms with Gasteiger partial charge in [0.1, 0.15) is 11.3 Å². The number of fused-ring (bicyclic) bond motifs is 2. The number of carbonyl (C=O) groups excluding carboxylic acids is 2. The van der Waals surface area contributed by atoms with E-state index in [2.05, 4.69) is 10.6 Å². The highest BCUT2D eigenvalue weighted by atomic mass is 35.5. The first-order valence-electron chi connectivity index (χ1n) is 12.2. The first-order chi connectivity index (χ1) is 18.0. The van der Waals surface area contributed by atoms with Gasteiger partial charge in [-0.25, -0.2) is 0 Å². The lowest BCUT2D eigenvalue weighted by molar-refractivity contribution is -0.122. The van der Waals surface area contributed by atoms with Gasteiger partial charge >= 0.3 is 0 Å². The Morgan fingerprint density at radius 1 is 0.838 bits per heavy atom. The van der Waals surface area contributed by atoms with Crippen LogP contribution in [0.2, 0.25) is 5.02 Å². The highest BCUT2D eigenvalue weighted by Gasteiger charge is 2.64. The standard InChI is InChI=1S/C31H25ClN2O3/c1-37-23-17-13-19(14-18-23)26-27(29(35)21-11-15-22(32)16-12-21)31(34-28(26)20-7-3-2-4-8-20)24-9-5-6-10-25(24)33-30(31)36/h2-18,26-28,34H,1H3,(H,33,36)/t26-,27?,28+,31?/m0/s1. The summed E-state index contributed by atoms with van der Waals surface area (Å²) in [5.41, 5.74) is 2.72. The SMILES string of the molecule is COc1ccc([C@H]2C(C(=O)c3ccc(Cl)cc3)C3(N[C@@H]2c2ccccc2)C(=O)Nc2ccccc23)cc1. The number of benzene rings is 4. The molecule has 0 saturated carbocycles. The molecule has 0 aliphatic carbocycles. The maximum Gasteiger partial charge on any atom is 0.250 e. The molecule has 4 aromatic rings. The number of amides is 1. The predicted molar refractivity (Wildman–Crippen MR) is 144 cm³/mol. The summed E-state index contributed by atoms with van der Waals surface area (Å²) in [6.45, 7) is 0. The van der Waals surface area contributed by atoms with Crippen LogP contribution in [0.1, 0.15) is 39.0 Å². The van der Waals surface area contributed by atoms with Crippen LogP contribution >= 0.6 is 11.6 Å². The molecule has 0 radical (unpaired) electrons. The Morgan fingerprint density at radius 2 is 1.51 bits per heavy atom. The van der Waals surface area contributed by atoms with Gasteiger partial charge in [-0.15, -0.1) is 0 Å². The molecule has 1 saturated heterocycles. The number of ketones is 1. The van der Waals surface area contributed by atoms with E-state index in [0.717, 1.165) is 28.1 Å². The molecule has 4 atom stereocenters. The molecule has 2 heterocycles. The summed E-state index contributed by atoms with van der Waals surface area (Å²) in [5.74, 6) is -0.678. The molecule has 5 nitrogen and oxygen atoms in total. The van der Waals surface area contributed by atoms with Gasteiger partial charge in [-0.3, -0.25) is 14.9 Å². The number of ether oxygens (including phenoxy) is 1. The molecule has 37 heavy (non-hydrogen) atoms. The van der Waals surface area contributed by atoms with Crippen LogP contribution in [0, 0.1) is 5.92 Å². The van der Waals surface area contributed by atoms with Crippen LogP contribution in [-0.2, 0) is 10.3 Å². The Morgan fingerprint density at radius 3 is 2.22 bits per heavy atom. The van der Waals surface area contributed by atoms with Gasteiger partial charge in [-0.2, -0.15) is 0 Å². The molecule has 0 aromatic heterocycles. The van der Waals surface area contributed by atoms with Crippen molar-refractivity contribution in [2.24, 2.45) is 5.92 Å². The number of rotatable bonds is 5. The van der Waals surface area contributed by atoms with Gasteiger partial charge in [0, 0.05) is 33.8 Å². The van der Waals surface area contributed by atoms with E-state index >= 15 is 0 Å².